The number of hydrogen-bond acceptors (Lipinski definition) is 6. The smallest absolute Gasteiger partial charge is 0.266 e. The van der Waals surface area contributed by atoms with Gasteiger partial charge in [0.05, 0.1) is 18.3 Å². The zero-order valence-electron chi connectivity index (χ0n) is 16.2. The molecule has 7 heteroatoms. The van der Waals surface area contributed by atoms with Crippen LogP contribution >= 0.6 is 0 Å². The summed E-state index contributed by atoms with van der Waals surface area (Å²) >= 11 is 0. The fourth-order valence-corrected chi connectivity index (χ4v) is 3.59. The van der Waals surface area contributed by atoms with E-state index >= 15 is 0 Å². The molecule has 3 aromatic heterocycles. The molecule has 0 spiro atoms. The van der Waals surface area contributed by atoms with E-state index in [2.05, 4.69) is 33.8 Å². The quantitative estimate of drug-likeness (QED) is 0.681. The molecular weight excluding hydrogens is 352 g/mol. The van der Waals surface area contributed by atoms with Crippen LogP contribution in [0, 0.1) is 0 Å². The first-order valence-corrected chi connectivity index (χ1v) is 9.70. The highest BCUT2D eigenvalue weighted by Gasteiger charge is 2.27. The fraction of sp³-hybridized carbons (Fsp3) is 0.381. The molecule has 1 aliphatic heterocycles. The third kappa shape index (κ3) is 3.78. The van der Waals surface area contributed by atoms with Gasteiger partial charge in [0.25, 0.3) is 5.56 Å². The zero-order valence-corrected chi connectivity index (χ0v) is 16.2. The Bertz CT molecular complexity index is 1000. The second kappa shape index (κ2) is 7.88. The molecule has 4 heterocycles. The van der Waals surface area contributed by atoms with Gasteiger partial charge in [0, 0.05) is 42.7 Å². The minimum atomic E-state index is -0.0878. The molecular formula is C21H24N6O. The molecule has 0 amide bonds. The maximum Gasteiger partial charge on any atom is 0.266 e. The van der Waals surface area contributed by atoms with Gasteiger partial charge in [-0.15, -0.1) is 0 Å². The van der Waals surface area contributed by atoms with Gasteiger partial charge in [0.15, 0.2) is 0 Å². The van der Waals surface area contributed by atoms with Crippen molar-refractivity contribution in [1.82, 2.24) is 24.7 Å². The van der Waals surface area contributed by atoms with Crippen LogP contribution < -0.4 is 10.5 Å². The van der Waals surface area contributed by atoms with Crippen molar-refractivity contribution in [3.8, 4) is 11.3 Å². The Kier molecular flexibility index (Phi) is 5.14. The molecule has 28 heavy (non-hydrogen) atoms. The average molecular weight is 376 g/mol. The van der Waals surface area contributed by atoms with Crippen molar-refractivity contribution < 1.29 is 0 Å². The van der Waals surface area contributed by atoms with Gasteiger partial charge in [-0.2, -0.15) is 5.10 Å². The second-order valence-electron chi connectivity index (χ2n) is 7.39. The highest BCUT2D eigenvalue weighted by molar-refractivity contribution is 5.57. The molecule has 1 atom stereocenters. The minimum Gasteiger partial charge on any atom is -0.352 e. The molecule has 0 bridgehead atoms. The summed E-state index contributed by atoms with van der Waals surface area (Å²) in [4.78, 5) is 27.8. The maximum atomic E-state index is 12.4. The summed E-state index contributed by atoms with van der Waals surface area (Å²) < 4.78 is 1.57. The van der Waals surface area contributed by atoms with E-state index < -0.39 is 0 Å². The minimum absolute atomic E-state index is 0.0878. The van der Waals surface area contributed by atoms with Crippen molar-refractivity contribution in [1.29, 1.82) is 0 Å². The number of anilines is 1. The normalized spacial score (nSPS) is 16.7. The molecule has 7 nitrogen and oxygen atoms in total. The summed E-state index contributed by atoms with van der Waals surface area (Å²) in [6, 6.07) is 9.28. The summed E-state index contributed by atoms with van der Waals surface area (Å²) in [5.74, 6) is 2.06. The molecule has 144 valence electrons. The van der Waals surface area contributed by atoms with Crippen LogP contribution in [0.25, 0.3) is 11.3 Å². The number of pyridine rings is 1. The van der Waals surface area contributed by atoms with Crippen molar-refractivity contribution in [2.75, 3.05) is 11.4 Å². The van der Waals surface area contributed by atoms with Crippen molar-refractivity contribution in [2.24, 2.45) is 0 Å². The van der Waals surface area contributed by atoms with Crippen LogP contribution in [-0.2, 0) is 6.54 Å². The fourth-order valence-electron chi connectivity index (χ4n) is 3.59. The van der Waals surface area contributed by atoms with Crippen LogP contribution in [0.15, 0.2) is 53.7 Å². The molecule has 1 aliphatic rings. The van der Waals surface area contributed by atoms with Crippen LogP contribution in [0.1, 0.15) is 38.4 Å². The van der Waals surface area contributed by atoms with E-state index in [0.717, 1.165) is 42.3 Å². The Balaban J connectivity index is 1.60. The molecule has 0 radical (unpaired) electrons. The molecule has 3 aromatic rings. The predicted octanol–water partition coefficient (Wildman–Crippen LogP) is 2.89. The summed E-state index contributed by atoms with van der Waals surface area (Å²) in [7, 11) is 0. The van der Waals surface area contributed by atoms with Crippen LogP contribution in [-0.4, -0.2) is 37.3 Å². The first kappa shape index (κ1) is 18.3. The Morgan fingerprint density at radius 1 is 1.11 bits per heavy atom. The molecule has 1 saturated heterocycles. The van der Waals surface area contributed by atoms with Gasteiger partial charge < -0.3 is 4.90 Å². The van der Waals surface area contributed by atoms with Crippen molar-refractivity contribution in [2.45, 2.75) is 45.2 Å². The topological polar surface area (TPSA) is 76.8 Å². The number of rotatable bonds is 5. The van der Waals surface area contributed by atoms with Gasteiger partial charge in [-0.3, -0.25) is 9.78 Å². The first-order chi connectivity index (χ1) is 13.6. The Hall–Kier alpha value is -3.09. The monoisotopic (exact) mass is 376 g/mol. The SMILES string of the molecule is CC(C)c1nccc(N2CCCC2Cn2nc(-c3ccncc3)ccc2=O)n1. The highest BCUT2D eigenvalue weighted by atomic mass is 16.1. The predicted molar refractivity (Wildman–Crippen MR) is 108 cm³/mol. The van der Waals surface area contributed by atoms with Crippen LogP contribution in [0.5, 0.6) is 0 Å². The molecule has 1 fully saturated rings. The van der Waals surface area contributed by atoms with Crippen molar-refractivity contribution in [3.63, 3.8) is 0 Å². The van der Waals surface area contributed by atoms with Gasteiger partial charge in [-0.1, -0.05) is 13.8 Å². The van der Waals surface area contributed by atoms with E-state index in [4.69, 9.17) is 4.98 Å². The molecule has 0 aliphatic carbocycles. The van der Waals surface area contributed by atoms with E-state index in [1.165, 1.54) is 0 Å². The molecule has 0 aromatic carbocycles. The molecule has 1 unspecified atom stereocenters. The van der Waals surface area contributed by atoms with Gasteiger partial charge >= 0.3 is 0 Å². The lowest BCUT2D eigenvalue weighted by molar-refractivity contribution is 0.488. The lowest BCUT2D eigenvalue weighted by atomic mass is 10.2. The third-order valence-electron chi connectivity index (χ3n) is 5.07. The van der Waals surface area contributed by atoms with E-state index in [0.29, 0.717) is 6.54 Å². The first-order valence-electron chi connectivity index (χ1n) is 9.70. The Morgan fingerprint density at radius 2 is 1.93 bits per heavy atom. The maximum absolute atomic E-state index is 12.4. The summed E-state index contributed by atoms with van der Waals surface area (Å²) in [5.41, 5.74) is 1.63. The van der Waals surface area contributed by atoms with Gasteiger partial charge in [-0.25, -0.2) is 14.6 Å². The van der Waals surface area contributed by atoms with Crippen LogP contribution in [0.2, 0.25) is 0 Å². The lowest BCUT2D eigenvalue weighted by Crippen LogP contribution is -2.37. The third-order valence-corrected chi connectivity index (χ3v) is 5.07. The van der Waals surface area contributed by atoms with E-state index in [1.54, 1.807) is 29.2 Å². The highest BCUT2D eigenvalue weighted by Crippen LogP contribution is 2.25. The summed E-state index contributed by atoms with van der Waals surface area (Å²) in [6.45, 7) is 5.65. The molecule has 4 rings (SSSR count). The average Bonchev–Trinajstić information content (AvgIpc) is 3.18. The Labute approximate surface area is 164 Å². The molecule has 0 saturated carbocycles. The van der Waals surface area contributed by atoms with Crippen molar-refractivity contribution in [3.05, 3.63) is 65.1 Å². The largest absolute Gasteiger partial charge is 0.352 e. The summed E-state index contributed by atoms with van der Waals surface area (Å²) in [5, 5.41) is 4.60. The van der Waals surface area contributed by atoms with Gasteiger partial charge in [-0.05, 0) is 37.1 Å². The lowest BCUT2D eigenvalue weighted by Gasteiger charge is -2.26. The number of hydrogen-bond donors (Lipinski definition) is 0. The number of aromatic nitrogens is 5. The standard InChI is InChI=1S/C21H24N6O/c1-15(2)21-23-12-9-19(24-21)26-13-3-4-17(26)14-27-20(28)6-5-18(25-27)16-7-10-22-11-8-16/h5-12,15,17H,3-4,13-14H2,1-2H3. The van der Waals surface area contributed by atoms with Crippen LogP contribution in [0.3, 0.4) is 0 Å². The van der Waals surface area contributed by atoms with E-state index in [-0.39, 0.29) is 17.5 Å². The Morgan fingerprint density at radius 3 is 2.71 bits per heavy atom. The van der Waals surface area contributed by atoms with E-state index in [1.807, 2.05) is 24.4 Å². The van der Waals surface area contributed by atoms with Gasteiger partial charge in [0.2, 0.25) is 0 Å². The summed E-state index contributed by atoms with van der Waals surface area (Å²) in [6.07, 6.45) is 7.36. The zero-order chi connectivity index (χ0) is 19.5. The van der Waals surface area contributed by atoms with E-state index in [9.17, 15) is 4.79 Å². The number of nitrogens with zero attached hydrogens (tertiary/aromatic N) is 6. The molecule has 0 N–H and O–H groups in total. The second-order valence-corrected chi connectivity index (χ2v) is 7.39. The van der Waals surface area contributed by atoms with Gasteiger partial charge in [0.1, 0.15) is 11.6 Å². The van der Waals surface area contributed by atoms with Crippen LogP contribution in [0.4, 0.5) is 5.82 Å². The van der Waals surface area contributed by atoms with Crippen molar-refractivity contribution >= 4 is 5.82 Å².